The molecule has 1 aromatic heterocycles. The summed E-state index contributed by atoms with van der Waals surface area (Å²) in [6.45, 7) is 10.8. The van der Waals surface area contributed by atoms with E-state index in [2.05, 4.69) is 98.5 Å². The van der Waals surface area contributed by atoms with Crippen molar-refractivity contribution in [1.29, 1.82) is 0 Å². The highest BCUT2D eigenvalue weighted by Crippen LogP contribution is 2.19. The van der Waals surface area contributed by atoms with E-state index in [1.807, 2.05) is 26.4 Å². The van der Waals surface area contributed by atoms with Gasteiger partial charge in [-0.2, -0.15) is 0 Å². The molecular weight excluding hydrogens is 396 g/mol. The molecule has 0 aliphatic heterocycles. The standard InChI is InChI=1S/C26H36N6/c1-5-31(6-2)25(24-13-8-7-9-14-24)19-30-26(27-4)29-18-22-11-10-12-23(17-22)20-32-16-15-28-21(32)3/h7-17,25H,5-6,18-20H2,1-4H3,(H2,27,29,30). The number of aryl methyl sites for hydroxylation is 1. The van der Waals surface area contributed by atoms with Crippen LogP contribution in [0.5, 0.6) is 0 Å². The lowest BCUT2D eigenvalue weighted by molar-refractivity contribution is 0.219. The van der Waals surface area contributed by atoms with Gasteiger partial charge < -0.3 is 15.2 Å². The highest BCUT2D eigenvalue weighted by atomic mass is 15.2. The van der Waals surface area contributed by atoms with Crippen LogP contribution >= 0.6 is 0 Å². The Hall–Kier alpha value is -3.12. The van der Waals surface area contributed by atoms with Gasteiger partial charge in [0.1, 0.15) is 5.82 Å². The largest absolute Gasteiger partial charge is 0.354 e. The van der Waals surface area contributed by atoms with Crippen LogP contribution < -0.4 is 10.6 Å². The van der Waals surface area contributed by atoms with Crippen LogP contribution in [0.25, 0.3) is 0 Å². The monoisotopic (exact) mass is 432 g/mol. The molecule has 6 nitrogen and oxygen atoms in total. The lowest BCUT2D eigenvalue weighted by Crippen LogP contribution is -2.43. The van der Waals surface area contributed by atoms with E-state index in [0.29, 0.717) is 6.04 Å². The third-order valence-corrected chi connectivity index (χ3v) is 5.85. The van der Waals surface area contributed by atoms with Crippen LogP contribution in [0, 0.1) is 6.92 Å². The molecule has 1 atom stereocenters. The summed E-state index contributed by atoms with van der Waals surface area (Å²) in [7, 11) is 1.82. The Labute approximate surface area is 192 Å². The topological polar surface area (TPSA) is 57.5 Å². The first-order valence-electron chi connectivity index (χ1n) is 11.4. The normalized spacial score (nSPS) is 12.7. The minimum atomic E-state index is 0.298. The fraction of sp³-hybridized carbons (Fsp3) is 0.385. The number of imidazole rings is 1. The van der Waals surface area contributed by atoms with Gasteiger partial charge in [0, 0.05) is 39.1 Å². The van der Waals surface area contributed by atoms with E-state index in [1.165, 1.54) is 16.7 Å². The Balaban J connectivity index is 1.59. The Morgan fingerprint density at radius 3 is 2.44 bits per heavy atom. The number of aromatic nitrogens is 2. The maximum absolute atomic E-state index is 4.44. The second kappa shape index (κ2) is 12.1. The van der Waals surface area contributed by atoms with E-state index >= 15 is 0 Å². The number of nitrogens with zero attached hydrogens (tertiary/aromatic N) is 4. The minimum absolute atomic E-state index is 0.298. The van der Waals surface area contributed by atoms with E-state index < -0.39 is 0 Å². The summed E-state index contributed by atoms with van der Waals surface area (Å²) in [5.74, 6) is 1.84. The molecule has 0 bridgehead atoms. The number of guanidine groups is 1. The van der Waals surface area contributed by atoms with Crippen LogP contribution in [0.1, 0.15) is 42.4 Å². The third kappa shape index (κ3) is 6.44. The molecule has 2 aromatic carbocycles. The Morgan fingerprint density at radius 2 is 1.78 bits per heavy atom. The molecular formula is C26H36N6. The summed E-state index contributed by atoms with van der Waals surface area (Å²) in [6.07, 6.45) is 3.86. The molecule has 1 unspecified atom stereocenters. The lowest BCUT2D eigenvalue weighted by atomic mass is 10.1. The van der Waals surface area contributed by atoms with Gasteiger partial charge in [-0.3, -0.25) is 9.89 Å². The average Bonchev–Trinajstić information content (AvgIpc) is 3.23. The van der Waals surface area contributed by atoms with E-state index in [4.69, 9.17) is 0 Å². The Bertz CT molecular complexity index is 975. The van der Waals surface area contributed by atoms with Gasteiger partial charge >= 0.3 is 0 Å². The maximum atomic E-state index is 4.44. The quantitative estimate of drug-likeness (QED) is 0.376. The van der Waals surface area contributed by atoms with E-state index in [-0.39, 0.29) is 0 Å². The molecule has 1 heterocycles. The number of benzene rings is 2. The summed E-state index contributed by atoms with van der Waals surface area (Å²) < 4.78 is 2.16. The van der Waals surface area contributed by atoms with Crippen molar-refractivity contribution in [2.24, 2.45) is 4.99 Å². The fourth-order valence-corrected chi connectivity index (χ4v) is 4.00. The van der Waals surface area contributed by atoms with Crippen LogP contribution in [0.4, 0.5) is 0 Å². The highest BCUT2D eigenvalue weighted by Gasteiger charge is 2.18. The molecule has 0 radical (unpaired) electrons. The van der Waals surface area contributed by atoms with Crippen molar-refractivity contribution < 1.29 is 0 Å². The van der Waals surface area contributed by atoms with Crippen molar-refractivity contribution in [1.82, 2.24) is 25.1 Å². The molecule has 0 fully saturated rings. The third-order valence-electron chi connectivity index (χ3n) is 5.85. The minimum Gasteiger partial charge on any atom is -0.354 e. The molecule has 3 rings (SSSR count). The second-order valence-electron chi connectivity index (χ2n) is 7.88. The first-order valence-corrected chi connectivity index (χ1v) is 11.4. The van der Waals surface area contributed by atoms with Crippen molar-refractivity contribution in [2.75, 3.05) is 26.7 Å². The molecule has 0 saturated heterocycles. The molecule has 6 heteroatoms. The molecule has 32 heavy (non-hydrogen) atoms. The SMILES string of the molecule is CCN(CC)C(CNC(=NC)NCc1cccc(Cn2ccnc2C)c1)c1ccccc1. The number of hydrogen-bond acceptors (Lipinski definition) is 3. The van der Waals surface area contributed by atoms with Gasteiger partial charge in [0.05, 0.1) is 6.04 Å². The average molecular weight is 433 g/mol. The summed E-state index contributed by atoms with van der Waals surface area (Å²) >= 11 is 0. The van der Waals surface area contributed by atoms with E-state index in [0.717, 1.165) is 44.5 Å². The predicted molar refractivity (Wildman–Crippen MR) is 133 cm³/mol. The summed E-state index contributed by atoms with van der Waals surface area (Å²) in [5.41, 5.74) is 3.81. The Kier molecular flexibility index (Phi) is 8.87. The van der Waals surface area contributed by atoms with Crippen molar-refractivity contribution in [3.8, 4) is 0 Å². The van der Waals surface area contributed by atoms with Gasteiger partial charge in [0.15, 0.2) is 5.96 Å². The first kappa shape index (κ1) is 23.5. The van der Waals surface area contributed by atoms with Crippen LogP contribution in [0.15, 0.2) is 72.0 Å². The van der Waals surface area contributed by atoms with Crippen molar-refractivity contribution >= 4 is 5.96 Å². The van der Waals surface area contributed by atoms with Gasteiger partial charge in [-0.05, 0) is 36.7 Å². The number of aliphatic imine (C=N–C) groups is 1. The van der Waals surface area contributed by atoms with Crippen molar-refractivity contribution in [3.63, 3.8) is 0 Å². The van der Waals surface area contributed by atoms with E-state index in [9.17, 15) is 0 Å². The van der Waals surface area contributed by atoms with Crippen LogP contribution in [0.2, 0.25) is 0 Å². The van der Waals surface area contributed by atoms with Gasteiger partial charge in [0.25, 0.3) is 0 Å². The zero-order chi connectivity index (χ0) is 22.8. The van der Waals surface area contributed by atoms with Crippen molar-refractivity contribution in [2.45, 2.75) is 39.9 Å². The molecule has 3 aromatic rings. The van der Waals surface area contributed by atoms with Crippen LogP contribution in [-0.2, 0) is 13.1 Å². The maximum Gasteiger partial charge on any atom is 0.191 e. The molecule has 0 aliphatic carbocycles. The molecule has 0 aliphatic rings. The molecule has 0 spiro atoms. The number of rotatable bonds is 10. The highest BCUT2D eigenvalue weighted by molar-refractivity contribution is 5.79. The first-order chi connectivity index (χ1) is 15.6. The van der Waals surface area contributed by atoms with Gasteiger partial charge in [-0.1, -0.05) is 68.4 Å². The summed E-state index contributed by atoms with van der Waals surface area (Å²) in [4.78, 5) is 11.2. The van der Waals surface area contributed by atoms with Crippen LogP contribution in [0.3, 0.4) is 0 Å². The van der Waals surface area contributed by atoms with Gasteiger partial charge in [-0.25, -0.2) is 4.98 Å². The number of hydrogen-bond donors (Lipinski definition) is 2. The predicted octanol–water partition coefficient (Wildman–Crippen LogP) is 3.99. The number of likely N-dealkylation sites (N-methyl/N-ethyl adjacent to an activating group) is 1. The van der Waals surface area contributed by atoms with Crippen LogP contribution in [-0.4, -0.2) is 47.1 Å². The fourth-order valence-electron chi connectivity index (χ4n) is 4.00. The zero-order valence-electron chi connectivity index (χ0n) is 19.8. The lowest BCUT2D eigenvalue weighted by Gasteiger charge is -2.30. The van der Waals surface area contributed by atoms with Gasteiger partial charge in [-0.15, -0.1) is 0 Å². The number of nitrogens with one attached hydrogen (secondary N) is 2. The summed E-state index contributed by atoms with van der Waals surface area (Å²) in [5, 5.41) is 7.00. The second-order valence-corrected chi connectivity index (χ2v) is 7.88. The van der Waals surface area contributed by atoms with Gasteiger partial charge in [0.2, 0.25) is 0 Å². The zero-order valence-corrected chi connectivity index (χ0v) is 19.8. The summed E-state index contributed by atoms with van der Waals surface area (Å²) in [6, 6.07) is 19.6. The van der Waals surface area contributed by atoms with Crippen molar-refractivity contribution in [3.05, 3.63) is 89.5 Å². The molecule has 0 saturated carbocycles. The molecule has 170 valence electrons. The Morgan fingerprint density at radius 1 is 1.03 bits per heavy atom. The smallest absolute Gasteiger partial charge is 0.191 e. The molecule has 2 N–H and O–H groups in total. The van der Waals surface area contributed by atoms with E-state index in [1.54, 1.807) is 0 Å². The molecule has 0 amide bonds.